The van der Waals surface area contributed by atoms with Crippen LogP contribution in [0.4, 0.5) is 11.4 Å². The highest BCUT2D eigenvalue weighted by Gasteiger charge is 2.08. The number of benzene rings is 2. The van der Waals surface area contributed by atoms with Crippen LogP contribution in [-0.4, -0.2) is 11.8 Å². The highest BCUT2D eigenvalue weighted by Crippen LogP contribution is 2.16. The Labute approximate surface area is 151 Å². The van der Waals surface area contributed by atoms with E-state index in [0.717, 1.165) is 11.3 Å². The molecule has 5 heteroatoms. The Balaban J connectivity index is 1.60. The smallest absolute Gasteiger partial charge is 0.255 e. The van der Waals surface area contributed by atoms with Crippen LogP contribution in [0.25, 0.3) is 6.08 Å². The van der Waals surface area contributed by atoms with Gasteiger partial charge in [0, 0.05) is 23.0 Å². The van der Waals surface area contributed by atoms with Crippen LogP contribution in [0, 0.1) is 6.92 Å². The maximum absolute atomic E-state index is 12.3. The van der Waals surface area contributed by atoms with Gasteiger partial charge in [-0.1, -0.05) is 18.2 Å². The van der Waals surface area contributed by atoms with Crippen LogP contribution in [-0.2, 0) is 4.79 Å². The molecule has 26 heavy (non-hydrogen) atoms. The van der Waals surface area contributed by atoms with Crippen molar-refractivity contribution in [3.8, 4) is 0 Å². The van der Waals surface area contributed by atoms with E-state index in [1.807, 2.05) is 31.2 Å². The number of carbonyl (C=O) groups is 2. The van der Waals surface area contributed by atoms with Gasteiger partial charge in [0.2, 0.25) is 5.91 Å². The second-order valence-electron chi connectivity index (χ2n) is 5.68. The third-order valence-electron chi connectivity index (χ3n) is 3.75. The lowest BCUT2D eigenvalue weighted by Gasteiger charge is -2.09. The Bertz CT molecular complexity index is 926. The second kappa shape index (κ2) is 7.98. The molecule has 0 aliphatic heterocycles. The van der Waals surface area contributed by atoms with Crippen LogP contribution in [0.2, 0.25) is 0 Å². The predicted molar refractivity (Wildman–Crippen MR) is 102 cm³/mol. The van der Waals surface area contributed by atoms with Gasteiger partial charge in [-0.3, -0.25) is 9.59 Å². The molecule has 0 saturated heterocycles. The molecule has 0 bridgehead atoms. The molecule has 2 amide bonds. The highest BCUT2D eigenvalue weighted by molar-refractivity contribution is 6.05. The zero-order valence-corrected chi connectivity index (χ0v) is 14.2. The molecular formula is C21H18N2O3. The SMILES string of the molecule is Cc1ccccc1NC(=O)c1ccc(NC(=O)/C=C/c2ccco2)cc1. The van der Waals surface area contributed by atoms with Gasteiger partial charge in [0.05, 0.1) is 6.26 Å². The van der Waals surface area contributed by atoms with E-state index in [1.54, 1.807) is 42.5 Å². The first-order chi connectivity index (χ1) is 12.6. The molecule has 0 unspecified atom stereocenters. The Morgan fingerprint density at radius 2 is 1.69 bits per heavy atom. The standard InChI is InChI=1S/C21H18N2O3/c1-15-5-2-3-7-19(15)23-21(25)16-8-10-17(11-9-16)22-20(24)13-12-18-6-4-14-26-18/h2-14H,1H3,(H,22,24)(H,23,25)/b13-12+. The van der Waals surface area contributed by atoms with Crippen LogP contribution in [0.1, 0.15) is 21.7 Å². The Hall–Kier alpha value is -3.60. The molecule has 130 valence electrons. The fourth-order valence-corrected chi connectivity index (χ4v) is 2.34. The monoisotopic (exact) mass is 346 g/mol. The Kier molecular flexibility index (Phi) is 5.29. The van der Waals surface area contributed by atoms with E-state index in [9.17, 15) is 9.59 Å². The van der Waals surface area contributed by atoms with Crippen LogP contribution < -0.4 is 10.6 Å². The molecule has 2 aromatic carbocycles. The van der Waals surface area contributed by atoms with Crippen molar-refractivity contribution in [3.63, 3.8) is 0 Å². The first-order valence-corrected chi connectivity index (χ1v) is 8.11. The molecule has 0 radical (unpaired) electrons. The lowest BCUT2D eigenvalue weighted by Crippen LogP contribution is -2.13. The van der Waals surface area contributed by atoms with Crippen molar-refractivity contribution in [2.75, 3.05) is 10.6 Å². The van der Waals surface area contributed by atoms with Crippen molar-refractivity contribution in [3.05, 3.63) is 89.9 Å². The van der Waals surface area contributed by atoms with Crippen molar-refractivity contribution < 1.29 is 14.0 Å². The van der Waals surface area contributed by atoms with Gasteiger partial charge in [-0.15, -0.1) is 0 Å². The minimum Gasteiger partial charge on any atom is -0.465 e. The summed E-state index contributed by atoms with van der Waals surface area (Å²) < 4.78 is 5.12. The average Bonchev–Trinajstić information content (AvgIpc) is 3.16. The Morgan fingerprint density at radius 1 is 0.923 bits per heavy atom. The van der Waals surface area contributed by atoms with E-state index in [1.165, 1.54) is 12.3 Å². The number of aryl methyl sites for hydroxylation is 1. The minimum absolute atomic E-state index is 0.199. The lowest BCUT2D eigenvalue weighted by molar-refractivity contribution is -0.111. The third kappa shape index (κ3) is 4.48. The van der Waals surface area contributed by atoms with Crippen LogP contribution in [0.15, 0.2) is 77.4 Å². The molecule has 0 atom stereocenters. The van der Waals surface area contributed by atoms with Crippen molar-refractivity contribution in [1.82, 2.24) is 0 Å². The van der Waals surface area contributed by atoms with Gasteiger partial charge in [0.1, 0.15) is 5.76 Å². The van der Waals surface area contributed by atoms with Crippen molar-refractivity contribution in [2.45, 2.75) is 6.92 Å². The van der Waals surface area contributed by atoms with E-state index in [-0.39, 0.29) is 11.8 Å². The summed E-state index contributed by atoms with van der Waals surface area (Å²) >= 11 is 0. The molecule has 1 heterocycles. The summed E-state index contributed by atoms with van der Waals surface area (Å²) in [6, 6.07) is 17.8. The van der Waals surface area contributed by atoms with Gasteiger partial charge in [-0.2, -0.15) is 0 Å². The summed E-state index contributed by atoms with van der Waals surface area (Å²) in [5.74, 6) is 0.122. The average molecular weight is 346 g/mol. The molecule has 0 aliphatic rings. The zero-order chi connectivity index (χ0) is 18.4. The van der Waals surface area contributed by atoms with Gasteiger partial charge >= 0.3 is 0 Å². The minimum atomic E-state index is -0.279. The number of furan rings is 1. The van der Waals surface area contributed by atoms with Crippen molar-refractivity contribution >= 4 is 29.3 Å². The quantitative estimate of drug-likeness (QED) is 0.669. The molecule has 1 aromatic heterocycles. The molecule has 0 fully saturated rings. The summed E-state index contributed by atoms with van der Waals surface area (Å²) in [5, 5.41) is 5.60. The molecule has 0 saturated carbocycles. The fraction of sp³-hybridized carbons (Fsp3) is 0.0476. The molecule has 2 N–H and O–H groups in total. The molecule has 3 aromatic rings. The van der Waals surface area contributed by atoms with Gasteiger partial charge < -0.3 is 15.1 Å². The molecule has 0 spiro atoms. The van der Waals surface area contributed by atoms with E-state index < -0.39 is 0 Å². The maximum atomic E-state index is 12.3. The second-order valence-corrected chi connectivity index (χ2v) is 5.68. The van der Waals surface area contributed by atoms with Gasteiger partial charge in [-0.05, 0) is 61.0 Å². The summed E-state index contributed by atoms with van der Waals surface area (Å²) in [6.45, 7) is 1.94. The fourth-order valence-electron chi connectivity index (χ4n) is 2.34. The molecular weight excluding hydrogens is 328 g/mol. The number of nitrogens with one attached hydrogen (secondary N) is 2. The number of anilines is 2. The number of rotatable bonds is 5. The van der Waals surface area contributed by atoms with E-state index >= 15 is 0 Å². The summed E-state index contributed by atoms with van der Waals surface area (Å²) in [4.78, 5) is 24.2. The van der Waals surface area contributed by atoms with Gasteiger partial charge in [0.15, 0.2) is 0 Å². The van der Waals surface area contributed by atoms with Crippen molar-refractivity contribution in [1.29, 1.82) is 0 Å². The third-order valence-corrected chi connectivity index (χ3v) is 3.75. The molecule has 5 nitrogen and oxygen atoms in total. The summed E-state index contributed by atoms with van der Waals surface area (Å²) in [5.41, 5.74) is 2.88. The highest BCUT2D eigenvalue weighted by atomic mass is 16.3. The number of para-hydroxylation sites is 1. The number of amides is 2. The summed E-state index contributed by atoms with van der Waals surface area (Å²) in [7, 11) is 0. The molecule has 0 aliphatic carbocycles. The summed E-state index contributed by atoms with van der Waals surface area (Å²) in [6.07, 6.45) is 4.51. The van der Waals surface area contributed by atoms with Gasteiger partial charge in [-0.25, -0.2) is 0 Å². The first kappa shape index (κ1) is 17.2. The van der Waals surface area contributed by atoms with Gasteiger partial charge in [0.25, 0.3) is 5.91 Å². The van der Waals surface area contributed by atoms with E-state index in [0.29, 0.717) is 17.0 Å². The van der Waals surface area contributed by atoms with E-state index in [2.05, 4.69) is 10.6 Å². The Morgan fingerprint density at radius 3 is 2.38 bits per heavy atom. The van der Waals surface area contributed by atoms with Crippen LogP contribution in [0.3, 0.4) is 0 Å². The predicted octanol–water partition coefficient (Wildman–Crippen LogP) is 4.49. The van der Waals surface area contributed by atoms with E-state index in [4.69, 9.17) is 4.42 Å². The normalized spacial score (nSPS) is 10.7. The maximum Gasteiger partial charge on any atom is 0.255 e. The first-order valence-electron chi connectivity index (χ1n) is 8.11. The zero-order valence-electron chi connectivity index (χ0n) is 14.2. The topological polar surface area (TPSA) is 71.3 Å². The van der Waals surface area contributed by atoms with Crippen molar-refractivity contribution in [2.24, 2.45) is 0 Å². The number of carbonyl (C=O) groups excluding carboxylic acids is 2. The van der Waals surface area contributed by atoms with Crippen LogP contribution in [0.5, 0.6) is 0 Å². The largest absolute Gasteiger partial charge is 0.465 e. The number of hydrogen-bond donors (Lipinski definition) is 2. The number of hydrogen-bond acceptors (Lipinski definition) is 3. The van der Waals surface area contributed by atoms with Crippen LogP contribution >= 0.6 is 0 Å². The lowest BCUT2D eigenvalue weighted by atomic mass is 10.1. The molecule has 3 rings (SSSR count).